The van der Waals surface area contributed by atoms with Crippen molar-refractivity contribution in [1.82, 2.24) is 5.32 Å². The molecule has 0 bridgehead atoms. The van der Waals surface area contributed by atoms with E-state index < -0.39 is 12.0 Å². The first-order chi connectivity index (χ1) is 11.7. The fourth-order valence-electron chi connectivity index (χ4n) is 2.58. The second kappa shape index (κ2) is 7.15. The number of ether oxygens (including phenoxy) is 1. The van der Waals surface area contributed by atoms with Crippen LogP contribution in [0.5, 0.6) is 5.75 Å². The van der Waals surface area contributed by atoms with Gasteiger partial charge in [0.2, 0.25) is 0 Å². The number of hydrogen-bond acceptors (Lipinski definition) is 3. The van der Waals surface area contributed by atoms with Gasteiger partial charge in [-0.05, 0) is 40.1 Å². The molecule has 0 saturated heterocycles. The second-order valence-electron chi connectivity index (χ2n) is 5.58. The number of methoxy groups -OCH3 is 1. The first-order valence-corrected chi connectivity index (χ1v) is 7.75. The molecular weight excluding hydrogens is 302 g/mol. The number of carbonyl (C=O) groups is 1. The Balaban J connectivity index is 1.68. The minimum absolute atomic E-state index is 0.366. The normalized spacial score (nSPS) is 11.9. The van der Waals surface area contributed by atoms with Crippen LogP contribution in [-0.2, 0) is 11.3 Å². The fraction of sp³-hybridized carbons (Fsp3) is 0.150. The number of carbonyl (C=O) groups excluding carboxylic acids is 1. The monoisotopic (exact) mass is 321 g/mol. The van der Waals surface area contributed by atoms with Gasteiger partial charge in [0.05, 0.1) is 7.11 Å². The predicted octanol–water partition coefficient (Wildman–Crippen LogP) is 3.20. The molecule has 4 heteroatoms. The number of hydrogen-bond donors (Lipinski definition) is 2. The summed E-state index contributed by atoms with van der Waals surface area (Å²) in [4.78, 5) is 12.1. The van der Waals surface area contributed by atoms with E-state index in [2.05, 4.69) is 5.32 Å². The summed E-state index contributed by atoms with van der Waals surface area (Å²) in [5, 5.41) is 15.0. The highest BCUT2D eigenvalue weighted by atomic mass is 16.5. The van der Waals surface area contributed by atoms with Crippen LogP contribution < -0.4 is 10.1 Å². The second-order valence-corrected chi connectivity index (χ2v) is 5.58. The number of amides is 1. The maximum atomic E-state index is 12.1. The maximum absolute atomic E-state index is 12.1. The molecule has 2 N–H and O–H groups in total. The molecule has 0 radical (unpaired) electrons. The predicted molar refractivity (Wildman–Crippen MR) is 93.7 cm³/mol. The standard InChI is InChI=1S/C20H19NO3/c1-24-18-10-9-16-11-14(7-8-17(16)12-18)13-21-20(23)19(22)15-5-3-2-4-6-15/h2-12,19,22H,13H2,1H3,(H,21,23). The van der Waals surface area contributed by atoms with Crippen LogP contribution in [0.15, 0.2) is 66.7 Å². The summed E-state index contributed by atoms with van der Waals surface area (Å²) >= 11 is 0. The van der Waals surface area contributed by atoms with Crippen molar-refractivity contribution < 1.29 is 14.6 Å². The van der Waals surface area contributed by atoms with Gasteiger partial charge < -0.3 is 15.2 Å². The number of nitrogens with one attached hydrogen (secondary N) is 1. The van der Waals surface area contributed by atoms with E-state index in [1.807, 2.05) is 42.5 Å². The van der Waals surface area contributed by atoms with Gasteiger partial charge in [0.25, 0.3) is 5.91 Å². The summed E-state index contributed by atoms with van der Waals surface area (Å²) in [6.45, 7) is 0.366. The highest BCUT2D eigenvalue weighted by molar-refractivity contribution is 5.85. The number of aliphatic hydroxyl groups is 1. The molecule has 4 nitrogen and oxygen atoms in total. The summed E-state index contributed by atoms with van der Waals surface area (Å²) in [5.41, 5.74) is 1.56. The van der Waals surface area contributed by atoms with Crippen molar-refractivity contribution in [2.24, 2.45) is 0 Å². The van der Waals surface area contributed by atoms with Crippen LogP contribution in [0.3, 0.4) is 0 Å². The van der Waals surface area contributed by atoms with Crippen LogP contribution in [-0.4, -0.2) is 18.1 Å². The molecule has 0 aromatic heterocycles. The third-order valence-electron chi connectivity index (χ3n) is 3.94. The first-order valence-electron chi connectivity index (χ1n) is 7.75. The van der Waals surface area contributed by atoms with E-state index in [9.17, 15) is 9.90 Å². The molecule has 122 valence electrons. The van der Waals surface area contributed by atoms with Gasteiger partial charge in [-0.2, -0.15) is 0 Å². The van der Waals surface area contributed by atoms with Gasteiger partial charge in [0.1, 0.15) is 5.75 Å². The molecule has 0 saturated carbocycles. The van der Waals surface area contributed by atoms with Crippen molar-refractivity contribution in [1.29, 1.82) is 0 Å². The third-order valence-corrected chi connectivity index (χ3v) is 3.94. The molecule has 0 aliphatic rings. The van der Waals surface area contributed by atoms with Crippen LogP contribution in [0.2, 0.25) is 0 Å². The minimum atomic E-state index is -1.16. The average Bonchev–Trinajstić information content (AvgIpc) is 2.65. The Kier molecular flexibility index (Phi) is 4.77. The molecule has 0 heterocycles. The van der Waals surface area contributed by atoms with Crippen LogP contribution in [0.4, 0.5) is 0 Å². The molecular formula is C20H19NO3. The van der Waals surface area contributed by atoms with Gasteiger partial charge >= 0.3 is 0 Å². The Hall–Kier alpha value is -2.85. The van der Waals surface area contributed by atoms with Crippen LogP contribution in [0, 0.1) is 0 Å². The summed E-state index contributed by atoms with van der Waals surface area (Å²) in [5.74, 6) is 0.408. The lowest BCUT2D eigenvalue weighted by Crippen LogP contribution is -2.28. The molecule has 0 aliphatic heterocycles. The zero-order valence-electron chi connectivity index (χ0n) is 13.4. The topological polar surface area (TPSA) is 58.6 Å². The summed E-state index contributed by atoms with van der Waals surface area (Å²) in [7, 11) is 1.64. The average molecular weight is 321 g/mol. The van der Waals surface area contributed by atoms with Gasteiger partial charge in [-0.1, -0.05) is 48.5 Å². The van der Waals surface area contributed by atoms with E-state index >= 15 is 0 Å². The van der Waals surface area contributed by atoms with Crippen LogP contribution >= 0.6 is 0 Å². The first kappa shape index (κ1) is 16.0. The number of aliphatic hydroxyl groups excluding tert-OH is 1. The van der Waals surface area contributed by atoms with Gasteiger partial charge in [-0.3, -0.25) is 4.79 Å². The third kappa shape index (κ3) is 3.55. The number of rotatable bonds is 5. The van der Waals surface area contributed by atoms with E-state index in [1.165, 1.54) is 0 Å². The number of fused-ring (bicyclic) bond motifs is 1. The van der Waals surface area contributed by atoms with Gasteiger partial charge in [-0.25, -0.2) is 0 Å². The van der Waals surface area contributed by atoms with Gasteiger partial charge in [0.15, 0.2) is 6.10 Å². The zero-order chi connectivity index (χ0) is 16.9. The Morgan fingerprint density at radius 3 is 2.50 bits per heavy atom. The highest BCUT2D eigenvalue weighted by Crippen LogP contribution is 2.22. The minimum Gasteiger partial charge on any atom is -0.497 e. The maximum Gasteiger partial charge on any atom is 0.253 e. The number of benzene rings is 3. The van der Waals surface area contributed by atoms with E-state index in [4.69, 9.17) is 4.74 Å². The molecule has 0 aliphatic carbocycles. The SMILES string of the molecule is COc1ccc2cc(CNC(=O)C(O)c3ccccc3)ccc2c1. The fourth-order valence-corrected chi connectivity index (χ4v) is 2.58. The lowest BCUT2D eigenvalue weighted by molar-refractivity contribution is -0.129. The van der Waals surface area contributed by atoms with Gasteiger partial charge in [0, 0.05) is 6.54 Å². The van der Waals surface area contributed by atoms with Crippen molar-refractivity contribution in [2.75, 3.05) is 7.11 Å². The van der Waals surface area contributed by atoms with E-state index in [1.54, 1.807) is 31.4 Å². The Labute approximate surface area is 140 Å². The Morgan fingerprint density at radius 2 is 1.75 bits per heavy atom. The summed E-state index contributed by atoms with van der Waals surface area (Å²) in [6.07, 6.45) is -1.16. The molecule has 3 rings (SSSR count). The lowest BCUT2D eigenvalue weighted by atomic mass is 10.1. The molecule has 1 amide bonds. The van der Waals surface area contributed by atoms with E-state index in [0.29, 0.717) is 12.1 Å². The summed E-state index contributed by atoms with van der Waals surface area (Å²) in [6, 6.07) is 20.7. The highest BCUT2D eigenvalue weighted by Gasteiger charge is 2.16. The van der Waals surface area contributed by atoms with Crippen LogP contribution in [0.25, 0.3) is 10.8 Å². The smallest absolute Gasteiger partial charge is 0.253 e. The van der Waals surface area contributed by atoms with E-state index in [0.717, 1.165) is 22.1 Å². The lowest BCUT2D eigenvalue weighted by Gasteiger charge is -2.12. The van der Waals surface area contributed by atoms with E-state index in [-0.39, 0.29) is 0 Å². The Morgan fingerprint density at radius 1 is 1.04 bits per heavy atom. The molecule has 1 unspecified atom stereocenters. The van der Waals surface area contributed by atoms with Gasteiger partial charge in [-0.15, -0.1) is 0 Å². The van der Waals surface area contributed by atoms with Crippen molar-refractivity contribution in [2.45, 2.75) is 12.6 Å². The van der Waals surface area contributed by atoms with Crippen LogP contribution in [0.1, 0.15) is 17.2 Å². The molecule has 24 heavy (non-hydrogen) atoms. The Bertz CT molecular complexity index is 846. The summed E-state index contributed by atoms with van der Waals surface area (Å²) < 4.78 is 5.22. The zero-order valence-corrected chi connectivity index (χ0v) is 13.4. The molecule has 3 aromatic rings. The van der Waals surface area contributed by atoms with Crippen molar-refractivity contribution >= 4 is 16.7 Å². The molecule has 0 spiro atoms. The quantitative estimate of drug-likeness (QED) is 0.759. The molecule has 1 atom stereocenters. The largest absolute Gasteiger partial charge is 0.497 e. The molecule has 3 aromatic carbocycles. The molecule has 0 fully saturated rings. The van der Waals surface area contributed by atoms with Crippen molar-refractivity contribution in [3.8, 4) is 5.75 Å². The van der Waals surface area contributed by atoms with Crippen molar-refractivity contribution in [3.05, 3.63) is 77.9 Å². The van der Waals surface area contributed by atoms with Crippen molar-refractivity contribution in [3.63, 3.8) is 0 Å².